The van der Waals surface area contributed by atoms with Crippen molar-refractivity contribution in [1.82, 2.24) is 5.32 Å². The van der Waals surface area contributed by atoms with Crippen LogP contribution in [0.1, 0.15) is 10.4 Å². The van der Waals surface area contributed by atoms with Crippen LogP contribution in [0, 0.1) is 15.9 Å². The number of nitro benzene ring substituents is 1. The predicted octanol–water partition coefficient (Wildman–Crippen LogP) is 2.12. The Bertz CT molecular complexity index is 722. The standard InChI is InChI=1S/C15H14FN3O4/c16-10-8-12(14(17)13(9-10)19(21)22)15(20)18-6-7-23-11-4-2-1-3-5-11/h1-5,8-9H,6-7,17H2,(H,18,20). The molecule has 0 radical (unpaired) electrons. The smallest absolute Gasteiger partial charge is 0.295 e. The molecule has 7 nitrogen and oxygen atoms in total. The molecule has 8 heteroatoms. The van der Waals surface area contributed by atoms with Crippen LogP contribution in [-0.2, 0) is 0 Å². The second-order valence-corrected chi connectivity index (χ2v) is 4.56. The molecule has 0 saturated carbocycles. The molecular weight excluding hydrogens is 305 g/mol. The molecule has 3 N–H and O–H groups in total. The zero-order valence-corrected chi connectivity index (χ0v) is 12.0. The summed E-state index contributed by atoms with van der Waals surface area (Å²) in [5.74, 6) is -0.971. The summed E-state index contributed by atoms with van der Waals surface area (Å²) in [6, 6.07) is 10.5. The van der Waals surface area contributed by atoms with Crippen LogP contribution >= 0.6 is 0 Å². The SMILES string of the molecule is Nc1c(C(=O)NCCOc2ccccc2)cc(F)cc1[N+](=O)[O-]. The van der Waals surface area contributed by atoms with Crippen molar-refractivity contribution >= 4 is 17.3 Å². The van der Waals surface area contributed by atoms with Crippen molar-refractivity contribution in [2.24, 2.45) is 0 Å². The number of amides is 1. The Hall–Kier alpha value is -3.16. The molecule has 0 heterocycles. The fraction of sp³-hybridized carbons (Fsp3) is 0.133. The van der Waals surface area contributed by atoms with Gasteiger partial charge in [0.15, 0.2) is 0 Å². The first-order chi connectivity index (χ1) is 11.0. The van der Waals surface area contributed by atoms with Crippen LogP contribution in [0.25, 0.3) is 0 Å². The van der Waals surface area contributed by atoms with E-state index in [1.165, 1.54) is 0 Å². The zero-order chi connectivity index (χ0) is 16.8. The third kappa shape index (κ3) is 4.16. The number of benzene rings is 2. The first-order valence-electron chi connectivity index (χ1n) is 6.68. The molecule has 0 atom stereocenters. The van der Waals surface area contributed by atoms with Crippen LogP contribution in [0.15, 0.2) is 42.5 Å². The minimum atomic E-state index is -0.906. The van der Waals surface area contributed by atoms with E-state index in [1.807, 2.05) is 6.07 Å². The highest BCUT2D eigenvalue weighted by Crippen LogP contribution is 2.26. The Morgan fingerprint density at radius 2 is 2.00 bits per heavy atom. The van der Waals surface area contributed by atoms with E-state index in [0.29, 0.717) is 11.8 Å². The molecule has 1 amide bonds. The number of nitrogens with zero attached hydrogens (tertiary/aromatic N) is 1. The Morgan fingerprint density at radius 1 is 1.30 bits per heavy atom. The van der Waals surface area contributed by atoms with Crippen molar-refractivity contribution in [1.29, 1.82) is 0 Å². The van der Waals surface area contributed by atoms with Crippen molar-refractivity contribution in [3.8, 4) is 5.75 Å². The normalized spacial score (nSPS) is 10.1. The van der Waals surface area contributed by atoms with Gasteiger partial charge in [0.1, 0.15) is 23.9 Å². The van der Waals surface area contributed by atoms with Gasteiger partial charge in [0.25, 0.3) is 11.6 Å². The molecule has 0 spiro atoms. The molecule has 0 aliphatic rings. The lowest BCUT2D eigenvalue weighted by atomic mass is 10.1. The van der Waals surface area contributed by atoms with Crippen LogP contribution in [0.5, 0.6) is 5.75 Å². The van der Waals surface area contributed by atoms with E-state index >= 15 is 0 Å². The lowest BCUT2D eigenvalue weighted by Crippen LogP contribution is -2.29. The zero-order valence-electron chi connectivity index (χ0n) is 12.0. The van der Waals surface area contributed by atoms with Gasteiger partial charge in [-0.15, -0.1) is 0 Å². The first-order valence-corrected chi connectivity index (χ1v) is 6.68. The topological polar surface area (TPSA) is 107 Å². The summed E-state index contributed by atoms with van der Waals surface area (Å²) >= 11 is 0. The molecule has 120 valence electrons. The van der Waals surface area contributed by atoms with Crippen LogP contribution in [0.3, 0.4) is 0 Å². The highest BCUT2D eigenvalue weighted by atomic mass is 19.1. The van der Waals surface area contributed by atoms with E-state index in [2.05, 4.69) is 5.32 Å². The molecule has 2 rings (SSSR count). The summed E-state index contributed by atoms with van der Waals surface area (Å²) in [7, 11) is 0. The summed E-state index contributed by atoms with van der Waals surface area (Å²) in [6.45, 7) is 0.324. The maximum absolute atomic E-state index is 13.4. The molecule has 0 aromatic heterocycles. The van der Waals surface area contributed by atoms with Gasteiger partial charge >= 0.3 is 0 Å². The van der Waals surface area contributed by atoms with Crippen LogP contribution in [0.2, 0.25) is 0 Å². The number of hydrogen-bond acceptors (Lipinski definition) is 5. The van der Waals surface area contributed by atoms with E-state index in [9.17, 15) is 19.3 Å². The highest BCUT2D eigenvalue weighted by Gasteiger charge is 2.21. The average molecular weight is 319 g/mol. The highest BCUT2D eigenvalue weighted by molar-refractivity contribution is 6.01. The van der Waals surface area contributed by atoms with E-state index in [1.54, 1.807) is 24.3 Å². The molecular formula is C15H14FN3O4. The van der Waals surface area contributed by atoms with Gasteiger partial charge in [0.05, 0.1) is 23.1 Å². The third-order valence-corrected chi connectivity index (χ3v) is 2.96. The Labute approximate surface area is 131 Å². The number of carbonyl (C=O) groups is 1. The first kappa shape index (κ1) is 16.2. The number of nitrogens with one attached hydrogen (secondary N) is 1. The minimum Gasteiger partial charge on any atom is -0.492 e. The van der Waals surface area contributed by atoms with Crippen LogP contribution in [0.4, 0.5) is 15.8 Å². The van der Waals surface area contributed by atoms with Crippen molar-refractivity contribution in [3.05, 3.63) is 64.0 Å². The van der Waals surface area contributed by atoms with Crippen LogP contribution in [-0.4, -0.2) is 24.0 Å². The molecule has 0 bridgehead atoms. The van der Waals surface area contributed by atoms with Crippen molar-refractivity contribution in [2.45, 2.75) is 0 Å². The number of halogens is 1. The third-order valence-electron chi connectivity index (χ3n) is 2.96. The van der Waals surface area contributed by atoms with Gasteiger partial charge in [-0.25, -0.2) is 4.39 Å². The lowest BCUT2D eigenvalue weighted by molar-refractivity contribution is -0.384. The summed E-state index contributed by atoms with van der Waals surface area (Å²) in [4.78, 5) is 21.9. The summed E-state index contributed by atoms with van der Waals surface area (Å²) < 4.78 is 18.8. The minimum absolute atomic E-state index is 0.136. The molecule has 0 unspecified atom stereocenters. The average Bonchev–Trinajstić information content (AvgIpc) is 2.54. The van der Waals surface area contributed by atoms with Gasteiger partial charge in [-0.3, -0.25) is 14.9 Å². The van der Waals surface area contributed by atoms with Gasteiger partial charge < -0.3 is 15.8 Å². The fourth-order valence-corrected chi connectivity index (χ4v) is 1.89. The van der Waals surface area contributed by atoms with E-state index in [-0.39, 0.29) is 24.4 Å². The molecule has 0 aliphatic heterocycles. The van der Waals surface area contributed by atoms with Crippen molar-refractivity contribution < 1.29 is 18.8 Å². The van der Waals surface area contributed by atoms with E-state index in [4.69, 9.17) is 10.5 Å². The number of hydrogen-bond donors (Lipinski definition) is 2. The summed E-state index contributed by atoms with van der Waals surface area (Å²) in [6.07, 6.45) is 0. The number of ether oxygens (including phenoxy) is 1. The number of carbonyl (C=O) groups excluding carboxylic acids is 1. The predicted molar refractivity (Wildman–Crippen MR) is 81.7 cm³/mol. The molecule has 0 fully saturated rings. The number of rotatable bonds is 6. The van der Waals surface area contributed by atoms with Gasteiger partial charge in [0.2, 0.25) is 0 Å². The summed E-state index contributed by atoms with van der Waals surface area (Å²) in [5.41, 5.74) is 4.25. The van der Waals surface area contributed by atoms with Crippen LogP contribution < -0.4 is 15.8 Å². The second kappa shape index (κ2) is 7.21. The quantitative estimate of drug-likeness (QED) is 0.367. The Kier molecular flexibility index (Phi) is 5.08. The maximum atomic E-state index is 13.4. The Balaban J connectivity index is 1.97. The van der Waals surface area contributed by atoms with Crippen molar-refractivity contribution in [2.75, 3.05) is 18.9 Å². The fourth-order valence-electron chi connectivity index (χ4n) is 1.89. The molecule has 2 aromatic rings. The largest absolute Gasteiger partial charge is 0.492 e. The van der Waals surface area contributed by atoms with Gasteiger partial charge in [-0.2, -0.15) is 0 Å². The Morgan fingerprint density at radius 3 is 2.65 bits per heavy atom. The lowest BCUT2D eigenvalue weighted by Gasteiger charge is -2.09. The van der Waals surface area contributed by atoms with E-state index < -0.39 is 22.3 Å². The van der Waals surface area contributed by atoms with Gasteiger partial charge in [-0.05, 0) is 18.2 Å². The van der Waals surface area contributed by atoms with Gasteiger partial charge in [-0.1, -0.05) is 18.2 Å². The number of nitro groups is 1. The second-order valence-electron chi connectivity index (χ2n) is 4.56. The summed E-state index contributed by atoms with van der Waals surface area (Å²) in [5, 5.41) is 13.2. The molecule has 2 aromatic carbocycles. The van der Waals surface area contributed by atoms with Gasteiger partial charge in [0, 0.05) is 0 Å². The molecule has 0 saturated heterocycles. The number of para-hydroxylation sites is 1. The van der Waals surface area contributed by atoms with E-state index in [0.717, 1.165) is 6.07 Å². The van der Waals surface area contributed by atoms with Crippen molar-refractivity contribution in [3.63, 3.8) is 0 Å². The number of nitrogen functional groups attached to an aromatic ring is 1. The molecule has 23 heavy (non-hydrogen) atoms. The number of nitrogens with two attached hydrogens (primary N) is 1. The maximum Gasteiger partial charge on any atom is 0.295 e. The number of anilines is 1. The molecule has 0 aliphatic carbocycles. The monoisotopic (exact) mass is 319 g/mol.